The van der Waals surface area contributed by atoms with Crippen LogP contribution >= 0.6 is 23.9 Å². The monoisotopic (exact) mass is 468 g/mol. The molecule has 0 saturated carbocycles. The van der Waals surface area contributed by atoms with Gasteiger partial charge in [-0.1, -0.05) is 6.08 Å². The molecule has 0 aromatic carbocycles. The van der Waals surface area contributed by atoms with Crippen molar-refractivity contribution in [3.05, 3.63) is 46.3 Å². The van der Waals surface area contributed by atoms with Crippen molar-refractivity contribution >= 4 is 40.5 Å². The summed E-state index contributed by atoms with van der Waals surface area (Å²) in [6, 6.07) is -0.578. The van der Waals surface area contributed by atoms with Gasteiger partial charge in [0.25, 0.3) is 5.78 Å². The number of nitrogens with two attached hydrogens (primary N) is 1. The van der Waals surface area contributed by atoms with Crippen molar-refractivity contribution in [2.24, 2.45) is 11.7 Å². The standard InChI is InChI=1S/C20H18F2N4O3S.ClH/c21-14-12(25-4-3-9(23)7-25)6-8-5-10-19(22)24-30-20(10)26-11-1-2-13(27)16(28)17(11)29-18(14)15(8)26;/h6,8-9,15H,1-5,7,23H2;1H. The van der Waals surface area contributed by atoms with E-state index in [2.05, 4.69) is 4.37 Å². The van der Waals surface area contributed by atoms with Gasteiger partial charge in [0.15, 0.2) is 17.3 Å². The first-order chi connectivity index (χ1) is 14.4. The van der Waals surface area contributed by atoms with Crippen molar-refractivity contribution in [2.45, 2.75) is 37.8 Å². The fourth-order valence-corrected chi connectivity index (χ4v) is 5.98. The highest BCUT2D eigenvalue weighted by molar-refractivity contribution is 7.10. The molecule has 0 spiro atoms. The third kappa shape index (κ3) is 2.81. The van der Waals surface area contributed by atoms with E-state index in [1.54, 1.807) is 4.90 Å². The van der Waals surface area contributed by atoms with E-state index in [-0.39, 0.29) is 48.7 Å². The largest absolute Gasteiger partial charge is 0.450 e. The van der Waals surface area contributed by atoms with Crippen molar-refractivity contribution in [1.82, 2.24) is 9.27 Å². The summed E-state index contributed by atoms with van der Waals surface area (Å²) in [5.41, 5.74) is 7.34. The van der Waals surface area contributed by atoms with Crippen LogP contribution < -0.4 is 10.6 Å². The molecular weight excluding hydrogens is 450 g/mol. The fourth-order valence-electron chi connectivity index (χ4n) is 5.11. The maximum absolute atomic E-state index is 15.7. The molecule has 11 heteroatoms. The molecule has 5 aliphatic rings. The van der Waals surface area contributed by atoms with Crippen molar-refractivity contribution in [3.8, 4) is 0 Å². The van der Waals surface area contributed by atoms with Crippen molar-refractivity contribution in [2.75, 3.05) is 18.0 Å². The number of halogens is 3. The maximum Gasteiger partial charge on any atom is 0.265 e. The number of hydrogen-bond donors (Lipinski definition) is 1. The van der Waals surface area contributed by atoms with Crippen molar-refractivity contribution in [1.29, 1.82) is 0 Å². The van der Waals surface area contributed by atoms with Crippen LogP contribution in [0.3, 0.4) is 0 Å². The molecule has 2 N–H and O–H groups in total. The Morgan fingerprint density at radius 3 is 2.81 bits per heavy atom. The van der Waals surface area contributed by atoms with Crippen LogP contribution in [0.5, 0.6) is 0 Å². The zero-order valence-electron chi connectivity index (χ0n) is 16.3. The molecule has 2 aliphatic carbocycles. The summed E-state index contributed by atoms with van der Waals surface area (Å²) in [4.78, 5) is 28.2. The number of ketones is 2. The highest BCUT2D eigenvalue weighted by Crippen LogP contribution is 2.52. The molecule has 3 aliphatic heterocycles. The molecule has 31 heavy (non-hydrogen) atoms. The first-order valence-electron chi connectivity index (χ1n) is 9.98. The van der Waals surface area contributed by atoms with Crippen LogP contribution in [0, 0.1) is 11.9 Å². The van der Waals surface area contributed by atoms with Crippen LogP contribution in [0.15, 0.2) is 34.8 Å². The number of fused-ring (bicyclic) bond motifs is 3. The second kappa shape index (κ2) is 7.11. The SMILES string of the molecule is Cl.NC1CCN(C2=CC3Cc4c(F)nsc4N4C5=C(OC(=C2F)C34)C(=O)C(=O)CC5)C1. The van der Waals surface area contributed by atoms with Gasteiger partial charge in [-0.25, -0.2) is 4.39 Å². The lowest BCUT2D eigenvalue weighted by Crippen LogP contribution is -2.52. The zero-order chi connectivity index (χ0) is 20.7. The van der Waals surface area contributed by atoms with Crippen LogP contribution in [0.4, 0.5) is 13.8 Å². The quantitative estimate of drug-likeness (QED) is 0.633. The summed E-state index contributed by atoms with van der Waals surface area (Å²) in [5.74, 6) is -2.81. The molecule has 0 radical (unpaired) electrons. The number of rotatable bonds is 1. The van der Waals surface area contributed by atoms with Crippen LogP contribution in [0.1, 0.15) is 24.8 Å². The first kappa shape index (κ1) is 20.6. The van der Waals surface area contributed by atoms with Gasteiger partial charge in [-0.3, -0.25) is 9.59 Å². The molecule has 7 nitrogen and oxygen atoms in total. The van der Waals surface area contributed by atoms with Gasteiger partial charge in [0.2, 0.25) is 11.7 Å². The van der Waals surface area contributed by atoms with E-state index in [0.717, 1.165) is 18.0 Å². The van der Waals surface area contributed by atoms with Gasteiger partial charge in [-0.15, -0.1) is 12.4 Å². The van der Waals surface area contributed by atoms with E-state index in [1.165, 1.54) is 0 Å². The first-order valence-corrected chi connectivity index (χ1v) is 10.8. The molecular formula is C20H19ClF2N4O3S. The van der Waals surface area contributed by atoms with Crippen LogP contribution in [-0.2, 0) is 20.7 Å². The predicted octanol–water partition coefficient (Wildman–Crippen LogP) is 2.34. The number of carbonyl (C=O) groups is 2. The second-order valence-electron chi connectivity index (χ2n) is 8.29. The van der Waals surface area contributed by atoms with Crippen molar-refractivity contribution in [3.63, 3.8) is 0 Å². The Bertz CT molecular complexity index is 1110. The van der Waals surface area contributed by atoms with Gasteiger partial charge >= 0.3 is 0 Å². The minimum absolute atomic E-state index is 0. The minimum Gasteiger partial charge on any atom is -0.450 e. The number of carbonyl (C=O) groups excluding carboxylic acids is 2. The van der Waals surface area contributed by atoms with Gasteiger partial charge in [0.1, 0.15) is 11.0 Å². The number of likely N-dealkylation sites (tertiary alicyclic amines) is 1. The lowest BCUT2D eigenvalue weighted by atomic mass is 9.80. The summed E-state index contributed by atoms with van der Waals surface area (Å²) < 4.78 is 39.9. The van der Waals surface area contributed by atoms with Crippen LogP contribution in [0.25, 0.3) is 0 Å². The number of anilines is 1. The number of hydrogen-bond acceptors (Lipinski definition) is 8. The summed E-state index contributed by atoms with van der Waals surface area (Å²) in [6.07, 6.45) is 3.28. The average Bonchev–Trinajstić information content (AvgIpc) is 3.33. The predicted molar refractivity (Wildman–Crippen MR) is 111 cm³/mol. The Labute approximate surface area is 186 Å². The van der Waals surface area contributed by atoms with Gasteiger partial charge in [0.05, 0.1) is 11.4 Å². The minimum atomic E-state index is -0.761. The number of nitrogens with zero attached hydrogens (tertiary/aromatic N) is 3. The van der Waals surface area contributed by atoms with E-state index in [9.17, 15) is 14.0 Å². The van der Waals surface area contributed by atoms with Crippen molar-refractivity contribution < 1.29 is 23.1 Å². The molecule has 0 bridgehead atoms. The van der Waals surface area contributed by atoms with E-state index >= 15 is 4.39 Å². The average molecular weight is 469 g/mol. The third-order valence-electron chi connectivity index (χ3n) is 6.52. The second-order valence-corrected chi connectivity index (χ2v) is 9.05. The molecule has 1 aromatic heterocycles. The lowest BCUT2D eigenvalue weighted by molar-refractivity contribution is -0.137. The Morgan fingerprint density at radius 1 is 1.26 bits per heavy atom. The molecule has 1 fully saturated rings. The molecule has 6 rings (SSSR count). The summed E-state index contributed by atoms with van der Waals surface area (Å²) in [7, 11) is 0. The van der Waals surface area contributed by atoms with Gasteiger partial charge in [-0.2, -0.15) is 8.76 Å². The highest BCUT2D eigenvalue weighted by atomic mass is 35.5. The Morgan fingerprint density at radius 2 is 2.06 bits per heavy atom. The molecule has 0 amide bonds. The molecule has 3 unspecified atom stereocenters. The topological polar surface area (TPSA) is 88.8 Å². The van der Waals surface area contributed by atoms with Crippen LogP contribution in [-0.4, -0.2) is 46.0 Å². The molecule has 4 heterocycles. The molecule has 1 aromatic rings. The smallest absolute Gasteiger partial charge is 0.265 e. The van der Waals surface area contributed by atoms with E-state index in [0.29, 0.717) is 41.5 Å². The summed E-state index contributed by atoms with van der Waals surface area (Å²) >= 11 is 0.984. The molecule has 1 saturated heterocycles. The zero-order valence-corrected chi connectivity index (χ0v) is 17.9. The van der Waals surface area contributed by atoms with Gasteiger partial charge < -0.3 is 20.3 Å². The van der Waals surface area contributed by atoms with E-state index in [1.807, 2.05) is 11.0 Å². The summed E-state index contributed by atoms with van der Waals surface area (Å²) in [5, 5.41) is 0.553. The number of Topliss-reactive ketones (excluding diaryl/α,β-unsaturated/α-hetero) is 2. The number of ether oxygens (including phenoxy) is 1. The number of aromatic nitrogens is 1. The Hall–Kier alpha value is -2.30. The third-order valence-corrected chi connectivity index (χ3v) is 7.39. The highest BCUT2D eigenvalue weighted by Gasteiger charge is 2.52. The lowest BCUT2D eigenvalue weighted by Gasteiger charge is -2.48. The van der Waals surface area contributed by atoms with Gasteiger partial charge in [0, 0.05) is 37.0 Å². The normalized spacial score (nSPS) is 29.3. The maximum atomic E-state index is 15.7. The van der Waals surface area contributed by atoms with Crippen LogP contribution in [0.2, 0.25) is 0 Å². The fraction of sp³-hybridized carbons (Fsp3) is 0.450. The number of allylic oxidation sites excluding steroid dienone is 3. The van der Waals surface area contributed by atoms with E-state index < -0.39 is 29.4 Å². The van der Waals surface area contributed by atoms with Gasteiger partial charge in [-0.05, 0) is 30.8 Å². The summed E-state index contributed by atoms with van der Waals surface area (Å²) in [6.45, 7) is 1.12. The van der Waals surface area contributed by atoms with E-state index in [4.69, 9.17) is 10.5 Å². The Kier molecular flexibility index (Phi) is 4.72. The Balaban J connectivity index is 0.00000204. The molecule has 164 valence electrons. The molecule has 3 atom stereocenters.